The quantitative estimate of drug-likeness (QED) is 0.807. The lowest BCUT2D eigenvalue weighted by Crippen LogP contribution is -2.27. The summed E-state index contributed by atoms with van der Waals surface area (Å²) in [4.78, 5) is 4.33. The van der Waals surface area contributed by atoms with Gasteiger partial charge < -0.3 is 9.88 Å². The van der Waals surface area contributed by atoms with Crippen molar-refractivity contribution in [3.05, 3.63) is 18.2 Å². The molecule has 15 heavy (non-hydrogen) atoms. The molecule has 1 N–H and O–H groups in total. The van der Waals surface area contributed by atoms with E-state index >= 15 is 0 Å². The maximum Gasteiger partial charge on any atom is 0.125 e. The molecule has 0 bridgehead atoms. The van der Waals surface area contributed by atoms with Crippen LogP contribution in [0.15, 0.2) is 12.4 Å². The molecule has 1 rings (SSSR count). The molecular formula is C11H21N3S. The summed E-state index contributed by atoms with van der Waals surface area (Å²) in [6.45, 7) is 5.48. The van der Waals surface area contributed by atoms with E-state index in [0.29, 0.717) is 12.0 Å². The molecule has 86 valence electrons. The number of aryl methyl sites for hydroxylation is 1. The van der Waals surface area contributed by atoms with Crippen molar-refractivity contribution in [1.82, 2.24) is 14.9 Å². The lowest BCUT2D eigenvalue weighted by Gasteiger charge is -2.16. The van der Waals surface area contributed by atoms with Gasteiger partial charge in [0.25, 0.3) is 0 Å². The van der Waals surface area contributed by atoms with Gasteiger partial charge in [-0.15, -0.1) is 0 Å². The Bertz CT molecular complexity index is 285. The van der Waals surface area contributed by atoms with E-state index in [4.69, 9.17) is 0 Å². The smallest absolute Gasteiger partial charge is 0.125 e. The standard InChI is InChI=1S/C11H21N3S/c1-9(8-15-4)7-13-10(2)11-12-5-6-14(11)3/h5-6,9-10,13H,7-8H2,1-4H3. The SMILES string of the molecule is CSCC(C)CNC(C)c1nccn1C. The fourth-order valence-electron chi connectivity index (χ4n) is 1.61. The number of aromatic nitrogens is 2. The minimum Gasteiger partial charge on any atom is -0.337 e. The number of rotatable bonds is 6. The Morgan fingerprint density at radius 1 is 1.53 bits per heavy atom. The Morgan fingerprint density at radius 2 is 2.27 bits per heavy atom. The minimum atomic E-state index is 0.328. The molecule has 1 aromatic rings. The van der Waals surface area contributed by atoms with Crippen molar-refractivity contribution in [1.29, 1.82) is 0 Å². The molecule has 3 nitrogen and oxygen atoms in total. The molecule has 0 radical (unpaired) electrons. The van der Waals surface area contributed by atoms with Gasteiger partial charge in [0, 0.05) is 19.4 Å². The first kappa shape index (κ1) is 12.6. The summed E-state index contributed by atoms with van der Waals surface area (Å²) >= 11 is 1.90. The summed E-state index contributed by atoms with van der Waals surface area (Å²) in [5.41, 5.74) is 0. The van der Waals surface area contributed by atoms with Gasteiger partial charge in [-0.05, 0) is 31.4 Å². The lowest BCUT2D eigenvalue weighted by molar-refractivity contribution is 0.477. The molecule has 0 aliphatic carbocycles. The van der Waals surface area contributed by atoms with Crippen LogP contribution in [0, 0.1) is 5.92 Å². The van der Waals surface area contributed by atoms with E-state index in [-0.39, 0.29) is 0 Å². The van der Waals surface area contributed by atoms with Crippen molar-refractivity contribution in [2.24, 2.45) is 13.0 Å². The van der Waals surface area contributed by atoms with Crippen molar-refractivity contribution >= 4 is 11.8 Å². The van der Waals surface area contributed by atoms with Crippen molar-refractivity contribution in [3.8, 4) is 0 Å². The van der Waals surface area contributed by atoms with E-state index in [1.54, 1.807) is 0 Å². The van der Waals surface area contributed by atoms with Gasteiger partial charge in [0.15, 0.2) is 0 Å². The fourth-order valence-corrected chi connectivity index (χ4v) is 2.29. The molecule has 0 aliphatic rings. The van der Waals surface area contributed by atoms with Crippen LogP contribution in [0.1, 0.15) is 25.7 Å². The van der Waals surface area contributed by atoms with Gasteiger partial charge in [-0.25, -0.2) is 4.98 Å². The van der Waals surface area contributed by atoms with Gasteiger partial charge in [0.05, 0.1) is 6.04 Å². The second-order valence-electron chi connectivity index (χ2n) is 4.09. The van der Waals surface area contributed by atoms with E-state index in [2.05, 4.69) is 35.0 Å². The molecule has 0 saturated heterocycles. The number of thioether (sulfide) groups is 1. The summed E-state index contributed by atoms with van der Waals surface area (Å²) < 4.78 is 2.07. The third kappa shape index (κ3) is 3.87. The lowest BCUT2D eigenvalue weighted by atomic mass is 10.2. The largest absolute Gasteiger partial charge is 0.337 e. The minimum absolute atomic E-state index is 0.328. The van der Waals surface area contributed by atoms with Crippen LogP contribution in [-0.4, -0.2) is 28.1 Å². The van der Waals surface area contributed by atoms with E-state index < -0.39 is 0 Å². The Labute approximate surface area is 96.7 Å². The van der Waals surface area contributed by atoms with Crippen LogP contribution in [0.2, 0.25) is 0 Å². The monoisotopic (exact) mass is 227 g/mol. The van der Waals surface area contributed by atoms with Crippen LogP contribution < -0.4 is 5.32 Å². The zero-order valence-electron chi connectivity index (χ0n) is 10.0. The van der Waals surface area contributed by atoms with Crippen LogP contribution in [-0.2, 0) is 7.05 Å². The second-order valence-corrected chi connectivity index (χ2v) is 5.00. The average molecular weight is 227 g/mol. The van der Waals surface area contributed by atoms with Gasteiger partial charge in [0.2, 0.25) is 0 Å². The number of imidazole rings is 1. The summed E-state index contributed by atoms with van der Waals surface area (Å²) in [7, 11) is 2.03. The zero-order valence-corrected chi connectivity index (χ0v) is 10.8. The molecule has 0 spiro atoms. The normalized spacial score (nSPS) is 15.2. The van der Waals surface area contributed by atoms with E-state index in [0.717, 1.165) is 12.4 Å². The molecule has 0 fully saturated rings. The van der Waals surface area contributed by atoms with Crippen molar-refractivity contribution in [3.63, 3.8) is 0 Å². The van der Waals surface area contributed by atoms with E-state index in [1.165, 1.54) is 5.75 Å². The highest BCUT2D eigenvalue weighted by atomic mass is 32.2. The molecule has 0 aliphatic heterocycles. The predicted octanol–water partition coefficient (Wildman–Crippen LogP) is 2.07. The molecule has 2 atom stereocenters. The number of hydrogen-bond acceptors (Lipinski definition) is 3. The van der Waals surface area contributed by atoms with Crippen molar-refractivity contribution in [2.45, 2.75) is 19.9 Å². The highest BCUT2D eigenvalue weighted by Gasteiger charge is 2.10. The van der Waals surface area contributed by atoms with Gasteiger partial charge in [-0.2, -0.15) is 11.8 Å². The first-order valence-electron chi connectivity index (χ1n) is 5.34. The summed E-state index contributed by atoms with van der Waals surface area (Å²) in [5.74, 6) is 3.02. The van der Waals surface area contributed by atoms with Crippen LogP contribution >= 0.6 is 11.8 Å². The van der Waals surface area contributed by atoms with Crippen LogP contribution in [0.4, 0.5) is 0 Å². The van der Waals surface area contributed by atoms with Gasteiger partial charge in [0.1, 0.15) is 5.82 Å². The first-order chi connectivity index (χ1) is 7.15. The molecule has 1 heterocycles. The maximum atomic E-state index is 4.33. The fraction of sp³-hybridized carbons (Fsp3) is 0.727. The molecule has 0 aromatic carbocycles. The Hall–Kier alpha value is -0.480. The molecule has 1 aromatic heterocycles. The van der Waals surface area contributed by atoms with Crippen LogP contribution in [0.5, 0.6) is 0 Å². The third-order valence-electron chi connectivity index (χ3n) is 2.47. The molecule has 4 heteroatoms. The summed E-state index contributed by atoms with van der Waals surface area (Å²) in [6, 6.07) is 0.328. The zero-order chi connectivity index (χ0) is 11.3. The van der Waals surface area contributed by atoms with Gasteiger partial charge in [-0.3, -0.25) is 0 Å². The van der Waals surface area contributed by atoms with E-state index in [9.17, 15) is 0 Å². The Morgan fingerprint density at radius 3 is 2.80 bits per heavy atom. The first-order valence-corrected chi connectivity index (χ1v) is 6.74. The third-order valence-corrected chi connectivity index (χ3v) is 3.37. The molecule has 0 saturated carbocycles. The average Bonchev–Trinajstić information content (AvgIpc) is 2.61. The maximum absolute atomic E-state index is 4.33. The Kier molecular flexibility index (Phi) is 5.19. The summed E-state index contributed by atoms with van der Waals surface area (Å²) in [5, 5.41) is 3.51. The molecule has 2 unspecified atom stereocenters. The summed E-state index contributed by atoms with van der Waals surface area (Å²) in [6.07, 6.45) is 5.98. The van der Waals surface area contributed by atoms with Crippen molar-refractivity contribution in [2.75, 3.05) is 18.6 Å². The second kappa shape index (κ2) is 6.18. The topological polar surface area (TPSA) is 29.9 Å². The predicted molar refractivity (Wildman–Crippen MR) is 67.2 cm³/mol. The highest BCUT2D eigenvalue weighted by Crippen LogP contribution is 2.10. The molecular weight excluding hydrogens is 206 g/mol. The van der Waals surface area contributed by atoms with Gasteiger partial charge >= 0.3 is 0 Å². The van der Waals surface area contributed by atoms with E-state index in [1.807, 2.05) is 31.2 Å². The van der Waals surface area contributed by atoms with Crippen LogP contribution in [0.3, 0.4) is 0 Å². The number of nitrogens with one attached hydrogen (secondary N) is 1. The number of nitrogens with zero attached hydrogens (tertiary/aromatic N) is 2. The van der Waals surface area contributed by atoms with Crippen LogP contribution in [0.25, 0.3) is 0 Å². The highest BCUT2D eigenvalue weighted by molar-refractivity contribution is 7.98. The van der Waals surface area contributed by atoms with Gasteiger partial charge in [-0.1, -0.05) is 6.92 Å². The Balaban J connectivity index is 2.36. The molecule has 0 amide bonds. The number of hydrogen-bond donors (Lipinski definition) is 1. The van der Waals surface area contributed by atoms with Crippen molar-refractivity contribution < 1.29 is 0 Å².